The first-order valence-electron chi connectivity index (χ1n) is 6.54. The van der Waals surface area contributed by atoms with Gasteiger partial charge in [0.2, 0.25) is 5.91 Å². The molecule has 1 unspecified atom stereocenters. The number of nitrogen functional groups attached to an aromatic ring is 1. The van der Waals surface area contributed by atoms with Gasteiger partial charge in [0, 0.05) is 41.2 Å². The summed E-state index contributed by atoms with van der Waals surface area (Å²) >= 11 is 3.95. The van der Waals surface area contributed by atoms with E-state index in [0.717, 1.165) is 30.0 Å². The summed E-state index contributed by atoms with van der Waals surface area (Å²) in [6, 6.07) is 7.73. The van der Waals surface area contributed by atoms with Gasteiger partial charge in [0.05, 0.1) is 0 Å². The molecule has 1 aliphatic heterocycles. The largest absolute Gasteiger partial charge is 0.399 e. The topological polar surface area (TPSA) is 55.1 Å². The maximum absolute atomic E-state index is 11.8. The molecule has 1 saturated heterocycles. The lowest BCUT2D eigenvalue weighted by Crippen LogP contribution is -2.33. The first-order valence-corrected chi connectivity index (χ1v) is 8.75. The molecule has 0 spiro atoms. The molecule has 3 nitrogen and oxygen atoms in total. The number of nitrogens with one attached hydrogen (secondary N) is 1. The van der Waals surface area contributed by atoms with Gasteiger partial charge in [0.15, 0.2) is 0 Å². The van der Waals surface area contributed by atoms with Gasteiger partial charge in [-0.2, -0.15) is 23.5 Å². The van der Waals surface area contributed by atoms with Crippen molar-refractivity contribution in [3.05, 3.63) is 29.8 Å². The van der Waals surface area contributed by atoms with Crippen molar-refractivity contribution in [1.82, 2.24) is 5.32 Å². The van der Waals surface area contributed by atoms with E-state index in [-0.39, 0.29) is 5.91 Å². The average Bonchev–Trinajstić information content (AvgIpc) is 2.44. The van der Waals surface area contributed by atoms with Crippen LogP contribution >= 0.6 is 23.5 Å². The number of aryl methyl sites for hydroxylation is 1. The molecule has 0 aliphatic carbocycles. The zero-order valence-corrected chi connectivity index (χ0v) is 12.6. The van der Waals surface area contributed by atoms with Crippen LogP contribution in [0.4, 0.5) is 5.69 Å². The average molecular weight is 296 g/mol. The number of carbonyl (C=O) groups excluding carboxylic acids is 1. The molecule has 104 valence electrons. The number of rotatable bonds is 5. The minimum absolute atomic E-state index is 0.138. The maximum Gasteiger partial charge on any atom is 0.220 e. The fourth-order valence-electron chi connectivity index (χ4n) is 1.98. The Bertz CT molecular complexity index is 420. The van der Waals surface area contributed by atoms with Crippen molar-refractivity contribution < 1.29 is 4.79 Å². The number of amides is 1. The second kappa shape index (κ2) is 7.70. The van der Waals surface area contributed by atoms with Gasteiger partial charge in [-0.05, 0) is 24.1 Å². The molecule has 0 radical (unpaired) electrons. The lowest BCUT2D eigenvalue weighted by atomic mass is 10.1. The Hall–Kier alpha value is -0.810. The van der Waals surface area contributed by atoms with Crippen LogP contribution in [-0.2, 0) is 11.2 Å². The lowest BCUT2D eigenvalue weighted by Gasteiger charge is -2.21. The zero-order chi connectivity index (χ0) is 13.5. The maximum atomic E-state index is 11.8. The Balaban J connectivity index is 1.66. The van der Waals surface area contributed by atoms with Crippen LogP contribution in [0.15, 0.2) is 24.3 Å². The Morgan fingerprint density at radius 1 is 1.42 bits per heavy atom. The second-order valence-electron chi connectivity index (χ2n) is 4.62. The molecule has 0 bridgehead atoms. The molecule has 1 amide bonds. The van der Waals surface area contributed by atoms with Gasteiger partial charge in [0.25, 0.3) is 0 Å². The zero-order valence-electron chi connectivity index (χ0n) is 10.9. The van der Waals surface area contributed by atoms with Gasteiger partial charge < -0.3 is 11.1 Å². The third-order valence-electron chi connectivity index (χ3n) is 3.00. The monoisotopic (exact) mass is 296 g/mol. The molecule has 2 rings (SSSR count). The minimum atomic E-state index is 0.138. The second-order valence-corrected chi connectivity index (χ2v) is 7.17. The highest BCUT2D eigenvalue weighted by atomic mass is 32.2. The van der Waals surface area contributed by atoms with E-state index >= 15 is 0 Å². The van der Waals surface area contributed by atoms with E-state index in [2.05, 4.69) is 5.32 Å². The van der Waals surface area contributed by atoms with Crippen molar-refractivity contribution in [3.63, 3.8) is 0 Å². The Labute approximate surface area is 123 Å². The summed E-state index contributed by atoms with van der Waals surface area (Å²) in [7, 11) is 0. The van der Waals surface area contributed by atoms with E-state index < -0.39 is 0 Å². The fourth-order valence-corrected chi connectivity index (χ4v) is 4.59. The van der Waals surface area contributed by atoms with Gasteiger partial charge in [0.1, 0.15) is 0 Å². The minimum Gasteiger partial charge on any atom is -0.399 e. The molecule has 0 saturated carbocycles. The van der Waals surface area contributed by atoms with E-state index in [0.29, 0.717) is 11.7 Å². The van der Waals surface area contributed by atoms with Crippen molar-refractivity contribution >= 4 is 35.1 Å². The number of thioether (sulfide) groups is 2. The van der Waals surface area contributed by atoms with Crippen LogP contribution in [0.25, 0.3) is 0 Å². The SMILES string of the molecule is Nc1cccc(CCC(=O)NCC2CSCCS2)c1. The highest BCUT2D eigenvalue weighted by Gasteiger charge is 2.14. The fraction of sp³-hybridized carbons (Fsp3) is 0.500. The first kappa shape index (κ1) is 14.6. The smallest absolute Gasteiger partial charge is 0.220 e. The van der Waals surface area contributed by atoms with Crippen LogP contribution in [0, 0.1) is 0 Å². The van der Waals surface area contributed by atoms with Crippen LogP contribution in [0.1, 0.15) is 12.0 Å². The molecule has 0 aromatic heterocycles. The number of nitrogens with two attached hydrogens (primary N) is 1. The van der Waals surface area contributed by atoms with Crippen molar-refractivity contribution in [1.29, 1.82) is 0 Å². The number of hydrogen-bond donors (Lipinski definition) is 2. The molecular weight excluding hydrogens is 276 g/mol. The number of benzene rings is 1. The van der Waals surface area contributed by atoms with Gasteiger partial charge in [-0.25, -0.2) is 0 Å². The summed E-state index contributed by atoms with van der Waals surface area (Å²) < 4.78 is 0. The highest BCUT2D eigenvalue weighted by molar-refractivity contribution is 8.06. The predicted molar refractivity (Wildman–Crippen MR) is 85.8 cm³/mol. The quantitative estimate of drug-likeness (QED) is 0.818. The van der Waals surface area contributed by atoms with Gasteiger partial charge in [-0.15, -0.1) is 0 Å². The number of carbonyl (C=O) groups is 1. The molecule has 1 atom stereocenters. The van der Waals surface area contributed by atoms with Crippen LogP contribution in [0.2, 0.25) is 0 Å². The summed E-state index contributed by atoms with van der Waals surface area (Å²) in [5.74, 6) is 3.73. The molecule has 5 heteroatoms. The van der Waals surface area contributed by atoms with E-state index in [1.807, 2.05) is 47.8 Å². The van der Waals surface area contributed by atoms with E-state index in [9.17, 15) is 4.79 Å². The number of hydrogen-bond acceptors (Lipinski definition) is 4. The third-order valence-corrected chi connectivity index (χ3v) is 5.85. The van der Waals surface area contributed by atoms with Crippen LogP contribution < -0.4 is 11.1 Å². The lowest BCUT2D eigenvalue weighted by molar-refractivity contribution is -0.121. The Morgan fingerprint density at radius 3 is 3.05 bits per heavy atom. The van der Waals surface area contributed by atoms with Gasteiger partial charge in [-0.3, -0.25) is 4.79 Å². The molecule has 1 heterocycles. The molecular formula is C14H20N2OS2. The van der Waals surface area contributed by atoms with Crippen molar-refractivity contribution in [2.45, 2.75) is 18.1 Å². The summed E-state index contributed by atoms with van der Waals surface area (Å²) in [5.41, 5.74) is 7.60. The predicted octanol–water partition coefficient (Wildman–Crippen LogP) is 2.17. The third kappa shape index (κ3) is 5.37. The molecule has 1 aromatic rings. The van der Waals surface area contributed by atoms with E-state index in [4.69, 9.17) is 5.73 Å². The normalized spacial score (nSPS) is 19.1. The van der Waals surface area contributed by atoms with Crippen LogP contribution in [-0.4, -0.2) is 35.0 Å². The molecule has 3 N–H and O–H groups in total. The summed E-state index contributed by atoms with van der Waals surface area (Å²) in [6.07, 6.45) is 1.29. The van der Waals surface area contributed by atoms with E-state index in [1.54, 1.807) is 0 Å². The van der Waals surface area contributed by atoms with Crippen molar-refractivity contribution in [2.24, 2.45) is 0 Å². The highest BCUT2D eigenvalue weighted by Crippen LogP contribution is 2.23. The standard InChI is InChI=1S/C14H20N2OS2/c15-12-3-1-2-11(8-12)4-5-14(17)16-9-13-10-18-6-7-19-13/h1-3,8,13H,4-7,9-10,15H2,(H,16,17). The molecule has 1 aliphatic rings. The van der Waals surface area contributed by atoms with Gasteiger partial charge >= 0.3 is 0 Å². The molecule has 19 heavy (non-hydrogen) atoms. The van der Waals surface area contributed by atoms with Crippen molar-refractivity contribution in [3.8, 4) is 0 Å². The first-order chi connectivity index (χ1) is 9.24. The summed E-state index contributed by atoms with van der Waals surface area (Å²) in [4.78, 5) is 11.8. The Kier molecular flexibility index (Phi) is 5.92. The number of anilines is 1. The Morgan fingerprint density at radius 2 is 2.32 bits per heavy atom. The summed E-state index contributed by atoms with van der Waals surface area (Å²) in [6.45, 7) is 0.799. The van der Waals surface area contributed by atoms with Crippen LogP contribution in [0.3, 0.4) is 0 Å². The molecule has 1 fully saturated rings. The van der Waals surface area contributed by atoms with Gasteiger partial charge in [-0.1, -0.05) is 12.1 Å². The van der Waals surface area contributed by atoms with Crippen LogP contribution in [0.5, 0.6) is 0 Å². The summed E-state index contributed by atoms with van der Waals surface area (Å²) in [5, 5.41) is 3.61. The molecule has 1 aromatic carbocycles. The van der Waals surface area contributed by atoms with E-state index in [1.165, 1.54) is 11.5 Å². The van der Waals surface area contributed by atoms with Crippen molar-refractivity contribution in [2.75, 3.05) is 29.5 Å².